The lowest BCUT2D eigenvalue weighted by atomic mass is 10.3. The molecule has 0 saturated heterocycles. The monoisotopic (exact) mass is 208 g/mol. The lowest BCUT2D eigenvalue weighted by molar-refractivity contribution is 0.706. The summed E-state index contributed by atoms with van der Waals surface area (Å²) in [4.78, 5) is 0. The van der Waals surface area contributed by atoms with Gasteiger partial charge in [0.1, 0.15) is 0 Å². The maximum Gasteiger partial charge on any atom is 0.212 e. The van der Waals surface area contributed by atoms with E-state index in [1.807, 2.05) is 16.4 Å². The minimum atomic E-state index is 0.580. The zero-order valence-electron chi connectivity index (χ0n) is 8.10. The predicted octanol–water partition coefficient (Wildman–Crippen LogP) is 1.70. The molecule has 3 rings (SSSR count). The van der Waals surface area contributed by atoms with E-state index in [0.717, 1.165) is 23.8 Å². The summed E-state index contributed by atoms with van der Waals surface area (Å²) < 4.78 is 1.92. The third-order valence-corrected chi connectivity index (χ3v) is 4.00. The van der Waals surface area contributed by atoms with Crippen molar-refractivity contribution in [2.24, 2.45) is 5.10 Å². The Bertz CT molecular complexity index is 396. The minimum absolute atomic E-state index is 0.580. The Balaban J connectivity index is 2.07. The molecule has 74 valence electrons. The Morgan fingerprint density at radius 1 is 1.50 bits per heavy atom. The molecule has 2 aliphatic rings. The second kappa shape index (κ2) is 3.08. The van der Waals surface area contributed by atoms with E-state index >= 15 is 0 Å². The van der Waals surface area contributed by atoms with Gasteiger partial charge in [-0.2, -0.15) is 9.78 Å². The number of aryl methyl sites for hydroxylation is 1. The molecule has 1 aromatic heterocycles. The van der Waals surface area contributed by atoms with Crippen molar-refractivity contribution in [1.82, 2.24) is 14.9 Å². The smallest absolute Gasteiger partial charge is 0.192 e. The molecule has 5 heteroatoms. The Morgan fingerprint density at radius 3 is 3.29 bits per heavy atom. The first-order valence-corrected chi connectivity index (χ1v) is 5.95. The van der Waals surface area contributed by atoms with Crippen LogP contribution in [0.2, 0.25) is 0 Å². The molecule has 0 N–H and O–H groups in total. The van der Waals surface area contributed by atoms with E-state index in [-0.39, 0.29) is 0 Å². The van der Waals surface area contributed by atoms with Crippen molar-refractivity contribution in [3.63, 3.8) is 0 Å². The van der Waals surface area contributed by atoms with Crippen LogP contribution in [0.1, 0.15) is 32.0 Å². The lowest BCUT2D eigenvalue weighted by Crippen LogP contribution is -2.17. The molecular weight excluding hydrogens is 196 g/mol. The van der Waals surface area contributed by atoms with E-state index < -0.39 is 0 Å². The lowest BCUT2D eigenvalue weighted by Gasteiger charge is -2.16. The normalized spacial score (nSPS) is 24.4. The highest BCUT2D eigenvalue weighted by Gasteiger charge is 2.30. The topological polar surface area (TPSA) is 43.1 Å². The van der Waals surface area contributed by atoms with Crippen LogP contribution in [0.4, 0.5) is 0 Å². The highest BCUT2D eigenvalue weighted by Crippen LogP contribution is 2.36. The second-order valence-corrected chi connectivity index (χ2v) is 4.82. The van der Waals surface area contributed by atoms with Gasteiger partial charge in [-0.05, 0) is 19.3 Å². The fourth-order valence-corrected chi connectivity index (χ4v) is 3.16. The van der Waals surface area contributed by atoms with Gasteiger partial charge in [0.2, 0.25) is 5.16 Å². The highest BCUT2D eigenvalue weighted by atomic mass is 32.2. The van der Waals surface area contributed by atoms with Crippen LogP contribution in [0.5, 0.6) is 0 Å². The summed E-state index contributed by atoms with van der Waals surface area (Å²) in [7, 11) is 0. The SMILES string of the molecule is CCc1nnc2n1N=C1CCCC1S2. The molecule has 4 nitrogen and oxygen atoms in total. The fourth-order valence-electron chi connectivity index (χ4n) is 1.98. The van der Waals surface area contributed by atoms with Gasteiger partial charge in [0.15, 0.2) is 5.82 Å². The maximum absolute atomic E-state index is 4.63. The Kier molecular flexibility index (Phi) is 1.87. The van der Waals surface area contributed by atoms with Gasteiger partial charge in [-0.25, -0.2) is 0 Å². The van der Waals surface area contributed by atoms with Gasteiger partial charge in [-0.3, -0.25) is 0 Å². The number of hydrogen-bond acceptors (Lipinski definition) is 4. The highest BCUT2D eigenvalue weighted by molar-refractivity contribution is 8.00. The Morgan fingerprint density at radius 2 is 2.43 bits per heavy atom. The molecule has 1 saturated carbocycles. The summed E-state index contributed by atoms with van der Waals surface area (Å²) in [6.45, 7) is 2.09. The maximum atomic E-state index is 4.63. The molecule has 1 atom stereocenters. The summed E-state index contributed by atoms with van der Waals surface area (Å²) in [5.41, 5.74) is 1.33. The number of rotatable bonds is 1. The molecule has 1 aliphatic carbocycles. The molecule has 0 amide bonds. The van der Waals surface area contributed by atoms with Gasteiger partial charge in [0.25, 0.3) is 0 Å². The van der Waals surface area contributed by atoms with Crippen molar-refractivity contribution >= 4 is 17.5 Å². The molecule has 1 fully saturated rings. The zero-order valence-corrected chi connectivity index (χ0v) is 8.92. The van der Waals surface area contributed by atoms with E-state index in [2.05, 4.69) is 22.2 Å². The second-order valence-electron chi connectivity index (χ2n) is 3.65. The van der Waals surface area contributed by atoms with Gasteiger partial charge < -0.3 is 0 Å². The van der Waals surface area contributed by atoms with E-state index in [1.165, 1.54) is 18.6 Å². The number of fused-ring (bicyclic) bond motifs is 2. The number of aromatic nitrogens is 3. The first-order valence-electron chi connectivity index (χ1n) is 5.07. The molecule has 1 aromatic rings. The van der Waals surface area contributed by atoms with Crippen LogP contribution in [0.3, 0.4) is 0 Å². The summed E-state index contributed by atoms with van der Waals surface area (Å²) >= 11 is 1.82. The third kappa shape index (κ3) is 1.11. The van der Waals surface area contributed by atoms with Gasteiger partial charge in [0, 0.05) is 6.42 Å². The summed E-state index contributed by atoms with van der Waals surface area (Å²) in [5.74, 6) is 0.977. The molecule has 14 heavy (non-hydrogen) atoms. The fraction of sp³-hybridized carbons (Fsp3) is 0.667. The van der Waals surface area contributed by atoms with Crippen LogP contribution in [0.15, 0.2) is 10.3 Å². The number of hydrogen-bond donors (Lipinski definition) is 0. The minimum Gasteiger partial charge on any atom is -0.192 e. The standard InChI is InChI=1S/C9H12N4S/c1-2-8-10-11-9-13(8)12-6-4-3-5-7(6)14-9/h7H,2-5H2,1H3. The molecule has 0 aromatic carbocycles. The van der Waals surface area contributed by atoms with Gasteiger partial charge in [0.05, 0.1) is 11.0 Å². The molecule has 0 bridgehead atoms. The quantitative estimate of drug-likeness (QED) is 0.705. The average Bonchev–Trinajstić information content (AvgIpc) is 2.78. The first-order chi connectivity index (χ1) is 6.88. The van der Waals surface area contributed by atoms with Gasteiger partial charge in [-0.1, -0.05) is 18.7 Å². The van der Waals surface area contributed by atoms with Crippen LogP contribution < -0.4 is 0 Å². The molecular formula is C9H12N4S. The van der Waals surface area contributed by atoms with E-state index in [1.54, 1.807) is 0 Å². The summed E-state index contributed by atoms with van der Waals surface area (Å²) in [5, 5.41) is 14.5. The van der Waals surface area contributed by atoms with Gasteiger partial charge in [-0.15, -0.1) is 10.2 Å². The third-order valence-electron chi connectivity index (χ3n) is 2.74. The number of nitrogens with zero attached hydrogens (tertiary/aromatic N) is 4. The molecule has 1 unspecified atom stereocenters. The van der Waals surface area contributed by atoms with Crippen LogP contribution in [0.25, 0.3) is 0 Å². The first kappa shape index (κ1) is 8.47. The van der Waals surface area contributed by atoms with E-state index in [0.29, 0.717) is 5.25 Å². The summed E-state index contributed by atoms with van der Waals surface area (Å²) in [6.07, 6.45) is 4.57. The molecule has 2 heterocycles. The van der Waals surface area contributed by atoms with Crippen LogP contribution >= 0.6 is 11.8 Å². The van der Waals surface area contributed by atoms with Crippen molar-refractivity contribution in [2.45, 2.75) is 43.0 Å². The molecule has 0 radical (unpaired) electrons. The van der Waals surface area contributed by atoms with Crippen molar-refractivity contribution in [2.75, 3.05) is 0 Å². The van der Waals surface area contributed by atoms with Crippen molar-refractivity contribution in [3.05, 3.63) is 5.82 Å². The van der Waals surface area contributed by atoms with Crippen LogP contribution in [-0.2, 0) is 6.42 Å². The largest absolute Gasteiger partial charge is 0.212 e. The van der Waals surface area contributed by atoms with Crippen LogP contribution in [-0.4, -0.2) is 25.8 Å². The number of thioether (sulfide) groups is 1. The summed E-state index contributed by atoms with van der Waals surface area (Å²) in [6, 6.07) is 0. The average molecular weight is 208 g/mol. The Hall–Kier alpha value is -0.840. The molecule has 0 spiro atoms. The predicted molar refractivity (Wildman–Crippen MR) is 55.7 cm³/mol. The van der Waals surface area contributed by atoms with E-state index in [4.69, 9.17) is 0 Å². The Labute approximate surface area is 86.8 Å². The zero-order chi connectivity index (χ0) is 9.54. The van der Waals surface area contributed by atoms with Crippen LogP contribution in [0, 0.1) is 0 Å². The van der Waals surface area contributed by atoms with Crippen molar-refractivity contribution < 1.29 is 0 Å². The molecule has 1 aliphatic heterocycles. The van der Waals surface area contributed by atoms with Crippen molar-refractivity contribution in [1.29, 1.82) is 0 Å². The van der Waals surface area contributed by atoms with E-state index in [9.17, 15) is 0 Å². The van der Waals surface area contributed by atoms with Gasteiger partial charge >= 0.3 is 0 Å². The van der Waals surface area contributed by atoms with Crippen molar-refractivity contribution in [3.8, 4) is 0 Å².